The number of aromatic nitrogens is 1. The molecule has 3 aromatic carbocycles. The molecule has 172 valence electrons. The molecule has 0 fully saturated rings. The van der Waals surface area contributed by atoms with Crippen LogP contribution in [0.2, 0.25) is 0 Å². The Morgan fingerprint density at radius 2 is 1.68 bits per heavy atom. The first-order chi connectivity index (χ1) is 16.4. The van der Waals surface area contributed by atoms with Crippen molar-refractivity contribution in [2.75, 3.05) is 18.0 Å². The molecule has 6 nitrogen and oxygen atoms in total. The van der Waals surface area contributed by atoms with Gasteiger partial charge in [-0.15, -0.1) is 0 Å². The molecule has 1 aliphatic rings. The second kappa shape index (κ2) is 10.2. The molecule has 1 aromatic heterocycles. The highest BCUT2D eigenvalue weighted by Gasteiger charge is 2.21. The lowest BCUT2D eigenvalue weighted by Gasteiger charge is -2.21. The van der Waals surface area contributed by atoms with Gasteiger partial charge in [-0.25, -0.2) is 9.59 Å². The fourth-order valence-electron chi connectivity index (χ4n) is 4.21. The number of pyridine rings is 1. The number of anilines is 1. The lowest BCUT2D eigenvalue weighted by atomic mass is 10.1. The molecule has 1 aliphatic heterocycles. The van der Waals surface area contributed by atoms with Crippen LogP contribution in [0.3, 0.4) is 0 Å². The topological polar surface area (TPSA) is 90.7 Å². The van der Waals surface area contributed by atoms with Crippen molar-refractivity contribution in [3.8, 4) is 0 Å². The van der Waals surface area contributed by atoms with Crippen LogP contribution in [0.25, 0.3) is 10.9 Å². The summed E-state index contributed by atoms with van der Waals surface area (Å²) in [5, 5.41) is 18.6. The Balaban J connectivity index is 0.000000182. The maximum Gasteiger partial charge on any atom is 0.335 e. The standard InChI is InChI=1S/C19H18N2.C9H8O4/c1-2-6-15(7-3-1)10-12-21-13-11-16-14-20-18-9-5-4-8-17(18)19(16)21;1-5-2-3-6(8(10)11)4-7(5)9(12)13/h1-9,14H,10-13H2;2-4H,1H3,(H,10,11)(H,12,13). The lowest BCUT2D eigenvalue weighted by Crippen LogP contribution is -2.23. The van der Waals surface area contributed by atoms with Gasteiger partial charge in [0, 0.05) is 24.7 Å². The van der Waals surface area contributed by atoms with Gasteiger partial charge in [-0.3, -0.25) is 4.98 Å². The molecule has 34 heavy (non-hydrogen) atoms. The fraction of sp³-hybridized carbons (Fsp3) is 0.179. The Bertz CT molecular complexity index is 1340. The first-order valence-electron chi connectivity index (χ1n) is 11.2. The van der Waals surface area contributed by atoms with E-state index < -0.39 is 11.9 Å². The molecule has 0 spiro atoms. The van der Waals surface area contributed by atoms with Gasteiger partial charge in [0.05, 0.1) is 22.3 Å². The van der Waals surface area contributed by atoms with Gasteiger partial charge in [-0.05, 0) is 54.7 Å². The van der Waals surface area contributed by atoms with Crippen molar-refractivity contribution in [1.82, 2.24) is 4.98 Å². The van der Waals surface area contributed by atoms with Crippen LogP contribution in [0.15, 0.2) is 79.0 Å². The SMILES string of the molecule is Cc1ccc(C(=O)O)cc1C(=O)O.c1ccc(CCN2CCc3cnc4ccccc4c32)cc1. The number of benzene rings is 3. The third-order valence-electron chi connectivity index (χ3n) is 6.02. The van der Waals surface area contributed by atoms with E-state index >= 15 is 0 Å². The maximum absolute atomic E-state index is 10.6. The molecule has 5 rings (SSSR count). The Labute approximate surface area is 198 Å². The third kappa shape index (κ3) is 5.07. The molecular formula is C28H26N2O4. The van der Waals surface area contributed by atoms with Crippen LogP contribution in [0.4, 0.5) is 5.69 Å². The number of nitrogens with zero attached hydrogens (tertiary/aromatic N) is 2. The molecule has 0 aliphatic carbocycles. The van der Waals surface area contributed by atoms with Gasteiger partial charge >= 0.3 is 11.9 Å². The molecule has 0 saturated carbocycles. The van der Waals surface area contributed by atoms with E-state index in [1.807, 2.05) is 0 Å². The fourth-order valence-corrected chi connectivity index (χ4v) is 4.21. The maximum atomic E-state index is 10.6. The van der Waals surface area contributed by atoms with E-state index in [-0.39, 0.29) is 11.1 Å². The van der Waals surface area contributed by atoms with Crippen LogP contribution in [0.5, 0.6) is 0 Å². The highest BCUT2D eigenvalue weighted by molar-refractivity contribution is 5.95. The van der Waals surface area contributed by atoms with Crippen LogP contribution >= 0.6 is 0 Å². The number of carbonyl (C=O) groups is 2. The number of rotatable bonds is 5. The highest BCUT2D eigenvalue weighted by atomic mass is 16.4. The van der Waals surface area contributed by atoms with E-state index in [0.717, 1.165) is 37.5 Å². The van der Waals surface area contributed by atoms with Gasteiger partial charge < -0.3 is 15.1 Å². The monoisotopic (exact) mass is 454 g/mol. The van der Waals surface area contributed by atoms with E-state index in [4.69, 9.17) is 10.2 Å². The molecule has 0 bridgehead atoms. The summed E-state index contributed by atoms with van der Waals surface area (Å²) in [6, 6.07) is 23.2. The van der Waals surface area contributed by atoms with Crippen molar-refractivity contribution in [1.29, 1.82) is 0 Å². The molecule has 0 saturated heterocycles. The number of hydrogen-bond donors (Lipinski definition) is 2. The zero-order valence-corrected chi connectivity index (χ0v) is 18.9. The molecule has 6 heteroatoms. The molecule has 0 amide bonds. The number of para-hydroxylation sites is 1. The van der Waals surface area contributed by atoms with Crippen molar-refractivity contribution in [2.24, 2.45) is 0 Å². The minimum absolute atomic E-state index is 0.0111. The molecule has 0 atom stereocenters. The van der Waals surface area contributed by atoms with E-state index in [0.29, 0.717) is 5.56 Å². The minimum Gasteiger partial charge on any atom is -0.478 e. The number of hydrogen-bond acceptors (Lipinski definition) is 4. The quantitative estimate of drug-likeness (QED) is 0.429. The number of fused-ring (bicyclic) bond motifs is 3. The largest absolute Gasteiger partial charge is 0.478 e. The van der Waals surface area contributed by atoms with Gasteiger partial charge in [0.25, 0.3) is 0 Å². The summed E-state index contributed by atoms with van der Waals surface area (Å²) in [5.41, 5.74) is 5.87. The average molecular weight is 455 g/mol. The summed E-state index contributed by atoms with van der Waals surface area (Å²) in [4.78, 5) is 28.2. The Morgan fingerprint density at radius 1 is 0.941 bits per heavy atom. The van der Waals surface area contributed by atoms with Crippen LogP contribution in [0, 0.1) is 6.92 Å². The summed E-state index contributed by atoms with van der Waals surface area (Å²) < 4.78 is 0. The summed E-state index contributed by atoms with van der Waals surface area (Å²) in [6.45, 7) is 3.80. The first-order valence-corrected chi connectivity index (χ1v) is 11.2. The molecule has 2 N–H and O–H groups in total. The number of carboxylic acids is 2. The van der Waals surface area contributed by atoms with Crippen molar-refractivity contribution in [3.05, 3.63) is 107 Å². The van der Waals surface area contributed by atoms with Crippen molar-refractivity contribution >= 4 is 28.5 Å². The summed E-state index contributed by atoms with van der Waals surface area (Å²) >= 11 is 0. The Kier molecular flexibility index (Phi) is 6.87. The number of aromatic carboxylic acids is 2. The zero-order valence-electron chi connectivity index (χ0n) is 18.9. The van der Waals surface area contributed by atoms with Gasteiger partial charge in [-0.1, -0.05) is 54.6 Å². The first kappa shape index (κ1) is 23.0. The van der Waals surface area contributed by atoms with Crippen LogP contribution in [-0.4, -0.2) is 40.2 Å². The molecule has 0 radical (unpaired) electrons. The number of carboxylic acid groups (broad SMARTS) is 2. The second-order valence-electron chi connectivity index (χ2n) is 8.26. The highest BCUT2D eigenvalue weighted by Crippen LogP contribution is 2.34. The lowest BCUT2D eigenvalue weighted by molar-refractivity contribution is 0.0695. The summed E-state index contributed by atoms with van der Waals surface area (Å²) in [6.07, 6.45) is 4.26. The molecule has 2 heterocycles. The van der Waals surface area contributed by atoms with Crippen LogP contribution in [-0.2, 0) is 12.8 Å². The third-order valence-corrected chi connectivity index (χ3v) is 6.02. The molecular weight excluding hydrogens is 428 g/mol. The van der Waals surface area contributed by atoms with Crippen LogP contribution in [0.1, 0.15) is 37.4 Å². The van der Waals surface area contributed by atoms with Gasteiger partial charge in [0.2, 0.25) is 0 Å². The molecule has 4 aromatic rings. The van der Waals surface area contributed by atoms with E-state index in [9.17, 15) is 9.59 Å². The van der Waals surface area contributed by atoms with Gasteiger partial charge in [-0.2, -0.15) is 0 Å². The molecule has 0 unspecified atom stereocenters. The predicted octanol–water partition coefficient (Wildman–Crippen LogP) is 5.23. The van der Waals surface area contributed by atoms with E-state index in [1.165, 1.54) is 34.3 Å². The minimum atomic E-state index is -1.12. The van der Waals surface area contributed by atoms with E-state index in [1.54, 1.807) is 6.92 Å². The Hall–Kier alpha value is -4.19. The summed E-state index contributed by atoms with van der Waals surface area (Å²) in [5.74, 6) is -2.23. The zero-order chi connectivity index (χ0) is 24.1. The van der Waals surface area contributed by atoms with Gasteiger partial charge in [0.15, 0.2) is 0 Å². The predicted molar refractivity (Wildman–Crippen MR) is 133 cm³/mol. The average Bonchev–Trinajstić information content (AvgIpc) is 3.27. The second-order valence-corrected chi connectivity index (χ2v) is 8.26. The smallest absolute Gasteiger partial charge is 0.335 e. The van der Waals surface area contributed by atoms with Crippen molar-refractivity contribution in [3.63, 3.8) is 0 Å². The van der Waals surface area contributed by atoms with Crippen molar-refractivity contribution in [2.45, 2.75) is 19.8 Å². The number of aryl methyl sites for hydroxylation is 1. The van der Waals surface area contributed by atoms with E-state index in [2.05, 4.69) is 70.7 Å². The normalized spacial score (nSPS) is 12.1. The van der Waals surface area contributed by atoms with Gasteiger partial charge in [0.1, 0.15) is 0 Å². The van der Waals surface area contributed by atoms with Crippen molar-refractivity contribution < 1.29 is 19.8 Å². The summed E-state index contributed by atoms with van der Waals surface area (Å²) in [7, 11) is 0. The Morgan fingerprint density at radius 3 is 2.41 bits per heavy atom. The van der Waals surface area contributed by atoms with Crippen LogP contribution < -0.4 is 4.90 Å².